The Kier molecular flexibility index (Phi) is 3.07. The summed E-state index contributed by atoms with van der Waals surface area (Å²) in [7, 11) is 0. The maximum Gasteiger partial charge on any atom is 0.301 e. The lowest BCUT2D eigenvalue weighted by Crippen LogP contribution is -1.96. The number of nitro groups is 1. The Morgan fingerprint density at radius 2 is 2.23 bits per heavy atom. The van der Waals surface area contributed by atoms with Crippen molar-refractivity contribution in [3.8, 4) is 0 Å². The highest BCUT2D eigenvalue weighted by Gasteiger charge is 2.17. The summed E-state index contributed by atoms with van der Waals surface area (Å²) in [6, 6.07) is 0.833. The zero-order valence-electron chi connectivity index (χ0n) is 6.08. The van der Waals surface area contributed by atoms with Gasteiger partial charge in [0, 0.05) is 17.8 Å². The highest BCUT2D eigenvalue weighted by atomic mass is 127. The number of alkyl halides is 2. The Hall–Kier alpha value is -0.860. The van der Waals surface area contributed by atoms with Crippen LogP contribution in [0.25, 0.3) is 0 Å². The highest BCUT2D eigenvalue weighted by molar-refractivity contribution is 14.1. The molecule has 13 heavy (non-hydrogen) atoms. The molecule has 0 aromatic carbocycles. The molecule has 7 heteroatoms. The molecule has 70 valence electrons. The molecule has 0 radical (unpaired) electrons. The van der Waals surface area contributed by atoms with Crippen molar-refractivity contribution in [1.29, 1.82) is 0 Å². The second-order valence-electron chi connectivity index (χ2n) is 2.14. The number of halogens is 3. The van der Waals surface area contributed by atoms with Crippen LogP contribution in [0.4, 0.5) is 14.5 Å². The van der Waals surface area contributed by atoms with Gasteiger partial charge in [0.05, 0.1) is 4.92 Å². The van der Waals surface area contributed by atoms with Crippen LogP contribution in [0.1, 0.15) is 12.0 Å². The van der Waals surface area contributed by atoms with Crippen LogP contribution in [0.3, 0.4) is 0 Å². The van der Waals surface area contributed by atoms with E-state index in [4.69, 9.17) is 0 Å². The Bertz CT molecular complexity index is 345. The van der Waals surface area contributed by atoms with Crippen molar-refractivity contribution < 1.29 is 13.7 Å². The van der Waals surface area contributed by atoms with Crippen molar-refractivity contribution in [2.75, 3.05) is 0 Å². The van der Waals surface area contributed by atoms with Crippen LogP contribution in [0, 0.1) is 13.8 Å². The summed E-state index contributed by atoms with van der Waals surface area (Å²) in [5.41, 5.74) is -0.828. The van der Waals surface area contributed by atoms with Crippen LogP contribution in [0.15, 0.2) is 12.3 Å². The minimum absolute atomic E-state index is 0.104. The number of pyridine rings is 1. The normalized spacial score (nSPS) is 10.5. The van der Waals surface area contributed by atoms with Gasteiger partial charge in [-0.2, -0.15) is 0 Å². The van der Waals surface area contributed by atoms with Gasteiger partial charge in [-0.25, -0.2) is 13.8 Å². The lowest BCUT2D eigenvalue weighted by atomic mass is 10.3. The summed E-state index contributed by atoms with van der Waals surface area (Å²) in [6.07, 6.45) is -1.80. The molecule has 0 atom stereocenters. The average molecular weight is 300 g/mol. The fourth-order valence-electron chi connectivity index (χ4n) is 0.699. The summed E-state index contributed by atoms with van der Waals surface area (Å²) in [5, 5.41) is 10.3. The van der Waals surface area contributed by atoms with Crippen LogP contribution < -0.4 is 0 Å². The fourth-order valence-corrected chi connectivity index (χ4v) is 1.19. The van der Waals surface area contributed by atoms with E-state index in [2.05, 4.69) is 4.98 Å². The molecule has 0 spiro atoms. The third-order valence-corrected chi connectivity index (χ3v) is 2.12. The van der Waals surface area contributed by atoms with Gasteiger partial charge in [0.25, 0.3) is 6.43 Å². The molecule has 1 rings (SSSR count). The third-order valence-electron chi connectivity index (χ3n) is 1.29. The standard InChI is InChI=1S/C6H3F2IN2O2/c7-5(8)3-1-4(11(12)13)6(9)10-2-3/h1-2,5H. The first-order valence-electron chi connectivity index (χ1n) is 3.10. The molecule has 4 nitrogen and oxygen atoms in total. The van der Waals surface area contributed by atoms with E-state index in [1.807, 2.05) is 0 Å². The first-order valence-corrected chi connectivity index (χ1v) is 4.18. The smallest absolute Gasteiger partial charge is 0.258 e. The maximum absolute atomic E-state index is 12.1. The molecule has 0 saturated carbocycles. The highest BCUT2D eigenvalue weighted by Crippen LogP contribution is 2.25. The van der Waals surface area contributed by atoms with Gasteiger partial charge in [0.1, 0.15) is 0 Å². The molecule has 0 unspecified atom stereocenters. The summed E-state index contributed by atoms with van der Waals surface area (Å²) in [4.78, 5) is 13.1. The minimum atomic E-state index is -2.73. The topological polar surface area (TPSA) is 56.0 Å². The Labute approximate surface area is 85.3 Å². The molecule has 0 bridgehead atoms. The molecule has 0 saturated heterocycles. The Morgan fingerprint density at radius 3 is 2.69 bits per heavy atom. The zero-order chi connectivity index (χ0) is 10.0. The average Bonchev–Trinajstić information content (AvgIpc) is 2.04. The summed E-state index contributed by atoms with van der Waals surface area (Å²) >= 11 is 1.62. The molecule has 0 fully saturated rings. The number of aromatic nitrogens is 1. The Balaban J connectivity index is 3.19. The van der Waals surface area contributed by atoms with Crippen LogP contribution >= 0.6 is 22.6 Å². The van der Waals surface area contributed by atoms with Gasteiger partial charge >= 0.3 is 5.69 Å². The van der Waals surface area contributed by atoms with E-state index in [0.29, 0.717) is 0 Å². The predicted octanol–water partition coefficient (Wildman–Crippen LogP) is 2.53. The predicted molar refractivity (Wildman–Crippen MR) is 48.6 cm³/mol. The number of hydrogen-bond donors (Lipinski definition) is 0. The SMILES string of the molecule is O=[N+]([O-])c1cc(C(F)F)cnc1I. The van der Waals surface area contributed by atoms with Gasteiger partial charge < -0.3 is 0 Å². The van der Waals surface area contributed by atoms with Crippen molar-refractivity contribution >= 4 is 28.3 Å². The van der Waals surface area contributed by atoms with Crippen molar-refractivity contribution in [2.24, 2.45) is 0 Å². The minimum Gasteiger partial charge on any atom is -0.258 e. The quantitative estimate of drug-likeness (QED) is 0.365. The van der Waals surface area contributed by atoms with Gasteiger partial charge in [-0.05, 0) is 22.6 Å². The molecule has 1 aromatic rings. The first-order chi connectivity index (χ1) is 6.02. The van der Waals surface area contributed by atoms with Crippen molar-refractivity contribution in [1.82, 2.24) is 4.98 Å². The molecule has 0 aliphatic carbocycles. The maximum atomic E-state index is 12.1. The summed E-state index contributed by atoms with van der Waals surface area (Å²) < 4.78 is 24.3. The molecular weight excluding hydrogens is 297 g/mol. The molecule has 0 amide bonds. The largest absolute Gasteiger partial charge is 0.301 e. The Morgan fingerprint density at radius 1 is 1.62 bits per heavy atom. The molecule has 0 aliphatic heterocycles. The molecule has 1 aromatic heterocycles. The van der Waals surface area contributed by atoms with Crippen molar-refractivity contribution in [3.05, 3.63) is 31.6 Å². The van der Waals surface area contributed by atoms with Gasteiger partial charge in [-0.1, -0.05) is 0 Å². The molecule has 0 aliphatic rings. The number of hydrogen-bond acceptors (Lipinski definition) is 3. The van der Waals surface area contributed by atoms with Crippen LogP contribution in [-0.2, 0) is 0 Å². The summed E-state index contributed by atoms with van der Waals surface area (Å²) in [6.45, 7) is 0. The monoisotopic (exact) mass is 300 g/mol. The van der Waals surface area contributed by atoms with E-state index in [9.17, 15) is 18.9 Å². The number of nitrogens with zero attached hydrogens (tertiary/aromatic N) is 2. The van der Waals surface area contributed by atoms with Crippen LogP contribution in [0.2, 0.25) is 0 Å². The zero-order valence-corrected chi connectivity index (χ0v) is 8.23. The van der Waals surface area contributed by atoms with Crippen LogP contribution in [-0.4, -0.2) is 9.91 Å². The van der Waals surface area contributed by atoms with Gasteiger partial charge in [-0.15, -0.1) is 0 Å². The van der Waals surface area contributed by atoms with E-state index >= 15 is 0 Å². The van der Waals surface area contributed by atoms with E-state index in [1.165, 1.54) is 0 Å². The van der Waals surface area contributed by atoms with E-state index in [0.717, 1.165) is 12.3 Å². The van der Waals surface area contributed by atoms with E-state index in [-0.39, 0.29) is 3.70 Å². The van der Waals surface area contributed by atoms with Gasteiger partial charge in [-0.3, -0.25) is 10.1 Å². The second-order valence-corrected chi connectivity index (χ2v) is 3.16. The van der Waals surface area contributed by atoms with Gasteiger partial charge in [0.2, 0.25) is 0 Å². The molecule has 1 heterocycles. The van der Waals surface area contributed by atoms with Gasteiger partial charge in [0.15, 0.2) is 3.70 Å². The lowest BCUT2D eigenvalue weighted by Gasteiger charge is -1.99. The lowest BCUT2D eigenvalue weighted by molar-refractivity contribution is -0.386. The number of rotatable bonds is 2. The molecular formula is C6H3F2IN2O2. The van der Waals surface area contributed by atoms with Crippen molar-refractivity contribution in [3.63, 3.8) is 0 Å². The van der Waals surface area contributed by atoms with E-state index in [1.54, 1.807) is 22.6 Å². The first kappa shape index (κ1) is 10.2. The van der Waals surface area contributed by atoms with Crippen LogP contribution in [0.5, 0.6) is 0 Å². The third kappa shape index (κ3) is 2.29. The second kappa shape index (κ2) is 3.90. The fraction of sp³-hybridized carbons (Fsp3) is 0.167. The van der Waals surface area contributed by atoms with Crippen molar-refractivity contribution in [2.45, 2.75) is 6.43 Å². The molecule has 0 N–H and O–H groups in total. The van der Waals surface area contributed by atoms with E-state index < -0.39 is 22.6 Å². The summed E-state index contributed by atoms with van der Waals surface area (Å²) in [5.74, 6) is 0.